The van der Waals surface area contributed by atoms with Crippen LogP contribution in [0.15, 0.2) is 46.9 Å². The van der Waals surface area contributed by atoms with Crippen LogP contribution in [-0.4, -0.2) is 18.1 Å². The van der Waals surface area contributed by atoms with Crippen LogP contribution in [0.3, 0.4) is 0 Å². The highest BCUT2D eigenvalue weighted by molar-refractivity contribution is 6.31. The fraction of sp³-hybridized carbons (Fsp3) is 0.235. The summed E-state index contributed by atoms with van der Waals surface area (Å²) >= 11 is 5.98. The van der Waals surface area contributed by atoms with Crippen LogP contribution in [0, 0.1) is 0 Å². The average Bonchev–Trinajstić information content (AvgIpc) is 3.16. The molecule has 0 atom stereocenters. The Labute approximate surface area is 128 Å². The molecule has 0 saturated carbocycles. The smallest absolute Gasteiger partial charge is 0.227 e. The lowest BCUT2D eigenvalue weighted by molar-refractivity contribution is 0.620. The zero-order chi connectivity index (χ0) is 14.2. The first-order valence-electron chi connectivity index (χ1n) is 7.21. The van der Waals surface area contributed by atoms with E-state index in [0.29, 0.717) is 10.9 Å². The molecule has 0 aliphatic carbocycles. The average molecular weight is 299 g/mol. The Kier molecular flexibility index (Phi) is 3.08. The molecule has 0 N–H and O–H groups in total. The second-order valence-electron chi connectivity index (χ2n) is 5.37. The fourth-order valence-corrected chi connectivity index (χ4v) is 2.98. The van der Waals surface area contributed by atoms with Crippen LogP contribution in [0.25, 0.3) is 22.6 Å². The van der Waals surface area contributed by atoms with Gasteiger partial charge in [0, 0.05) is 29.4 Å². The zero-order valence-electron chi connectivity index (χ0n) is 11.6. The minimum atomic E-state index is 0.639. The van der Waals surface area contributed by atoms with Crippen molar-refractivity contribution in [3.8, 4) is 11.5 Å². The largest absolute Gasteiger partial charge is 0.436 e. The molecule has 3 aromatic rings. The summed E-state index contributed by atoms with van der Waals surface area (Å²) in [5, 5.41) is 0.673. The summed E-state index contributed by atoms with van der Waals surface area (Å²) in [6.45, 7) is 2.31. The summed E-state index contributed by atoms with van der Waals surface area (Å²) in [6, 6.07) is 13.9. The minimum Gasteiger partial charge on any atom is -0.436 e. The third-order valence-electron chi connectivity index (χ3n) is 3.94. The number of hydrogen-bond acceptors (Lipinski definition) is 3. The van der Waals surface area contributed by atoms with Crippen molar-refractivity contribution in [2.75, 3.05) is 18.0 Å². The highest BCUT2D eigenvalue weighted by Crippen LogP contribution is 2.28. The van der Waals surface area contributed by atoms with Crippen molar-refractivity contribution in [1.29, 1.82) is 0 Å². The van der Waals surface area contributed by atoms with Crippen LogP contribution in [0.4, 0.5) is 5.69 Å². The topological polar surface area (TPSA) is 29.3 Å². The van der Waals surface area contributed by atoms with Crippen LogP contribution in [0.1, 0.15) is 12.8 Å². The second-order valence-corrected chi connectivity index (χ2v) is 5.81. The van der Waals surface area contributed by atoms with Gasteiger partial charge in [0.05, 0.1) is 0 Å². The SMILES string of the molecule is Clc1ccc2oc(-c3ccc(N4CCCC4)cc3)nc2c1. The van der Waals surface area contributed by atoms with Crippen molar-refractivity contribution in [3.63, 3.8) is 0 Å². The van der Waals surface area contributed by atoms with Crippen LogP contribution >= 0.6 is 11.6 Å². The van der Waals surface area contributed by atoms with Crippen molar-refractivity contribution in [2.45, 2.75) is 12.8 Å². The normalized spacial score (nSPS) is 15.0. The summed E-state index contributed by atoms with van der Waals surface area (Å²) < 4.78 is 5.79. The van der Waals surface area contributed by atoms with Gasteiger partial charge in [-0.15, -0.1) is 0 Å². The highest BCUT2D eigenvalue weighted by atomic mass is 35.5. The van der Waals surface area contributed by atoms with Crippen molar-refractivity contribution in [2.24, 2.45) is 0 Å². The van der Waals surface area contributed by atoms with Gasteiger partial charge >= 0.3 is 0 Å². The quantitative estimate of drug-likeness (QED) is 0.684. The van der Waals surface area contributed by atoms with E-state index in [1.54, 1.807) is 0 Å². The van der Waals surface area contributed by atoms with Gasteiger partial charge in [-0.05, 0) is 55.3 Å². The van der Waals surface area contributed by atoms with Crippen LogP contribution in [0.2, 0.25) is 5.02 Å². The van der Waals surface area contributed by atoms with Crippen molar-refractivity contribution in [3.05, 3.63) is 47.5 Å². The van der Waals surface area contributed by atoms with Crippen LogP contribution in [0.5, 0.6) is 0 Å². The molecule has 2 heterocycles. The number of hydrogen-bond donors (Lipinski definition) is 0. The van der Waals surface area contributed by atoms with E-state index in [4.69, 9.17) is 16.0 Å². The predicted octanol–water partition coefficient (Wildman–Crippen LogP) is 4.75. The number of benzene rings is 2. The van der Waals surface area contributed by atoms with Gasteiger partial charge in [-0.1, -0.05) is 11.6 Å². The monoisotopic (exact) mass is 298 g/mol. The Morgan fingerprint density at radius 2 is 1.76 bits per heavy atom. The molecule has 3 nitrogen and oxygen atoms in total. The van der Waals surface area contributed by atoms with Crippen LogP contribution in [-0.2, 0) is 0 Å². The first-order valence-corrected chi connectivity index (χ1v) is 7.59. The molecule has 0 radical (unpaired) electrons. The first-order chi connectivity index (χ1) is 10.3. The summed E-state index contributed by atoms with van der Waals surface area (Å²) in [5.41, 5.74) is 3.82. The maximum absolute atomic E-state index is 5.98. The first kappa shape index (κ1) is 12.7. The Bertz CT molecular complexity index is 773. The Hall–Kier alpha value is -2.00. The number of nitrogens with zero attached hydrogens (tertiary/aromatic N) is 2. The van der Waals surface area contributed by atoms with E-state index in [0.717, 1.165) is 29.8 Å². The minimum absolute atomic E-state index is 0.639. The maximum atomic E-state index is 5.98. The van der Waals surface area contributed by atoms with Gasteiger partial charge in [0.25, 0.3) is 0 Å². The lowest BCUT2D eigenvalue weighted by Gasteiger charge is -2.17. The molecule has 0 bridgehead atoms. The molecule has 106 valence electrons. The van der Waals surface area contributed by atoms with E-state index < -0.39 is 0 Å². The molecule has 4 heteroatoms. The molecule has 0 unspecified atom stereocenters. The van der Waals surface area contributed by atoms with Gasteiger partial charge in [-0.3, -0.25) is 0 Å². The highest BCUT2D eigenvalue weighted by Gasteiger charge is 2.13. The maximum Gasteiger partial charge on any atom is 0.227 e. The molecule has 1 saturated heterocycles. The van der Waals surface area contributed by atoms with Gasteiger partial charge in [0.1, 0.15) is 5.52 Å². The Morgan fingerprint density at radius 3 is 2.52 bits per heavy atom. The lowest BCUT2D eigenvalue weighted by Crippen LogP contribution is -2.17. The van der Waals surface area contributed by atoms with Gasteiger partial charge in [0.2, 0.25) is 5.89 Å². The van der Waals surface area contributed by atoms with Gasteiger partial charge in [-0.25, -0.2) is 4.98 Å². The Morgan fingerprint density at radius 1 is 1.00 bits per heavy atom. The molecule has 0 spiro atoms. The van der Waals surface area contributed by atoms with E-state index in [1.807, 2.05) is 18.2 Å². The molecule has 0 amide bonds. The molecule has 1 aliphatic rings. The molecule has 21 heavy (non-hydrogen) atoms. The van der Waals surface area contributed by atoms with Crippen molar-refractivity contribution < 1.29 is 4.42 Å². The summed E-state index contributed by atoms with van der Waals surface area (Å²) in [5.74, 6) is 0.639. The van der Waals surface area contributed by atoms with Gasteiger partial charge < -0.3 is 9.32 Å². The number of oxazole rings is 1. The molecule has 2 aromatic carbocycles. The van der Waals surface area contributed by atoms with E-state index in [-0.39, 0.29) is 0 Å². The van der Waals surface area contributed by atoms with E-state index in [1.165, 1.54) is 18.5 Å². The number of fused-ring (bicyclic) bond motifs is 1. The number of anilines is 1. The molecule has 1 aliphatic heterocycles. The molecular formula is C17H15ClN2O. The summed E-state index contributed by atoms with van der Waals surface area (Å²) in [6.07, 6.45) is 2.57. The lowest BCUT2D eigenvalue weighted by atomic mass is 10.2. The predicted molar refractivity (Wildman–Crippen MR) is 85.9 cm³/mol. The van der Waals surface area contributed by atoms with E-state index in [9.17, 15) is 0 Å². The van der Waals surface area contributed by atoms with E-state index >= 15 is 0 Å². The van der Waals surface area contributed by atoms with Crippen molar-refractivity contribution in [1.82, 2.24) is 4.98 Å². The van der Waals surface area contributed by atoms with Gasteiger partial charge in [-0.2, -0.15) is 0 Å². The van der Waals surface area contributed by atoms with Crippen LogP contribution < -0.4 is 4.90 Å². The van der Waals surface area contributed by atoms with Crippen molar-refractivity contribution >= 4 is 28.4 Å². The second kappa shape index (κ2) is 5.08. The molecule has 1 aromatic heterocycles. The molecule has 4 rings (SSSR count). The number of rotatable bonds is 2. The van der Waals surface area contributed by atoms with E-state index in [2.05, 4.69) is 34.1 Å². The zero-order valence-corrected chi connectivity index (χ0v) is 12.3. The number of halogens is 1. The third kappa shape index (κ3) is 2.38. The third-order valence-corrected chi connectivity index (χ3v) is 4.17. The molecular weight excluding hydrogens is 284 g/mol. The standard InChI is InChI=1S/C17H15ClN2O/c18-13-5-8-16-15(11-13)19-17(21-16)12-3-6-14(7-4-12)20-9-1-2-10-20/h3-8,11H,1-2,9-10H2. The number of aromatic nitrogens is 1. The molecule has 1 fully saturated rings. The fourth-order valence-electron chi connectivity index (χ4n) is 2.81. The summed E-state index contributed by atoms with van der Waals surface area (Å²) in [4.78, 5) is 6.92. The van der Waals surface area contributed by atoms with Gasteiger partial charge in [0.15, 0.2) is 5.58 Å². The Balaban J connectivity index is 1.67. The summed E-state index contributed by atoms with van der Waals surface area (Å²) in [7, 11) is 0.